The molecule has 8 heteroatoms. The number of hydrogen-bond acceptors (Lipinski definition) is 7. The van der Waals surface area contributed by atoms with Crippen molar-refractivity contribution in [3.63, 3.8) is 0 Å². The molecular formula is C16H25N5O3. The standard InChI is InChI=1S/C16H25N5O3/c1-19-6-4-13(22)12(11-19)15(23)20-7-9-21(10-8-20)16-17-5-3-14(18-16)24-2/h3,5,12-13,22H,4,6-11H2,1-2H3/t12-,13-/m1/s1. The van der Waals surface area contributed by atoms with Gasteiger partial charge in [-0.15, -0.1) is 0 Å². The number of anilines is 1. The molecule has 2 aliphatic heterocycles. The zero-order valence-corrected chi connectivity index (χ0v) is 14.3. The van der Waals surface area contributed by atoms with Crippen LogP contribution in [0, 0.1) is 5.92 Å². The number of aromatic nitrogens is 2. The van der Waals surface area contributed by atoms with E-state index in [4.69, 9.17) is 4.74 Å². The molecule has 1 aromatic heterocycles. The highest BCUT2D eigenvalue weighted by Gasteiger charge is 2.35. The van der Waals surface area contributed by atoms with Crippen molar-refractivity contribution in [1.29, 1.82) is 0 Å². The predicted molar refractivity (Wildman–Crippen MR) is 89.0 cm³/mol. The van der Waals surface area contributed by atoms with Gasteiger partial charge in [0.25, 0.3) is 0 Å². The lowest BCUT2D eigenvalue weighted by molar-refractivity contribution is -0.142. The first kappa shape index (κ1) is 16.9. The smallest absolute Gasteiger partial charge is 0.229 e. The third-order valence-electron chi connectivity index (χ3n) is 4.80. The van der Waals surface area contributed by atoms with Gasteiger partial charge in [0.2, 0.25) is 17.7 Å². The minimum absolute atomic E-state index is 0.0558. The molecule has 2 atom stereocenters. The minimum Gasteiger partial charge on any atom is -0.481 e. The average molecular weight is 335 g/mol. The molecule has 3 heterocycles. The summed E-state index contributed by atoms with van der Waals surface area (Å²) >= 11 is 0. The van der Waals surface area contributed by atoms with Crippen molar-refractivity contribution in [1.82, 2.24) is 19.8 Å². The maximum atomic E-state index is 12.7. The van der Waals surface area contributed by atoms with Crippen molar-refractivity contribution in [2.75, 3.05) is 58.3 Å². The molecule has 0 aliphatic carbocycles. The molecule has 2 aliphatic rings. The SMILES string of the molecule is COc1ccnc(N2CCN(C(=O)[C@@H]3CN(C)CC[C@H]3O)CC2)n1. The second-order valence-corrected chi connectivity index (χ2v) is 6.44. The third-order valence-corrected chi connectivity index (χ3v) is 4.80. The normalized spacial score (nSPS) is 25.6. The number of piperidine rings is 1. The Morgan fingerprint density at radius 1 is 1.29 bits per heavy atom. The number of hydrogen-bond donors (Lipinski definition) is 1. The molecule has 132 valence electrons. The molecular weight excluding hydrogens is 310 g/mol. The van der Waals surface area contributed by atoms with Gasteiger partial charge in [-0.1, -0.05) is 0 Å². The van der Waals surface area contributed by atoms with Crippen LogP contribution in [0.5, 0.6) is 5.88 Å². The summed E-state index contributed by atoms with van der Waals surface area (Å²) < 4.78 is 5.13. The van der Waals surface area contributed by atoms with Gasteiger partial charge in [0, 0.05) is 51.5 Å². The first-order valence-electron chi connectivity index (χ1n) is 8.36. The van der Waals surface area contributed by atoms with Crippen molar-refractivity contribution in [2.24, 2.45) is 5.92 Å². The van der Waals surface area contributed by atoms with Crippen molar-refractivity contribution >= 4 is 11.9 Å². The number of amides is 1. The van der Waals surface area contributed by atoms with Gasteiger partial charge in [0.15, 0.2) is 0 Å². The molecule has 1 aromatic rings. The van der Waals surface area contributed by atoms with Gasteiger partial charge in [0.05, 0.1) is 19.1 Å². The first-order chi connectivity index (χ1) is 11.6. The lowest BCUT2D eigenvalue weighted by Crippen LogP contribution is -2.55. The summed E-state index contributed by atoms with van der Waals surface area (Å²) in [7, 11) is 3.57. The third kappa shape index (κ3) is 3.59. The van der Waals surface area contributed by atoms with E-state index in [1.54, 1.807) is 19.4 Å². The van der Waals surface area contributed by atoms with Gasteiger partial charge in [0.1, 0.15) is 0 Å². The topological polar surface area (TPSA) is 82.0 Å². The van der Waals surface area contributed by atoms with Gasteiger partial charge >= 0.3 is 0 Å². The number of nitrogens with zero attached hydrogens (tertiary/aromatic N) is 5. The van der Waals surface area contributed by atoms with Gasteiger partial charge < -0.3 is 24.5 Å². The van der Waals surface area contributed by atoms with Crippen molar-refractivity contribution in [3.8, 4) is 5.88 Å². The van der Waals surface area contributed by atoms with Gasteiger partial charge in [-0.25, -0.2) is 4.98 Å². The maximum absolute atomic E-state index is 12.7. The summed E-state index contributed by atoms with van der Waals surface area (Å²) in [5.41, 5.74) is 0. The summed E-state index contributed by atoms with van der Waals surface area (Å²) in [6.45, 7) is 4.05. The highest BCUT2D eigenvalue weighted by molar-refractivity contribution is 5.80. The molecule has 8 nitrogen and oxygen atoms in total. The molecule has 0 bridgehead atoms. The Morgan fingerprint density at radius 3 is 2.75 bits per heavy atom. The second-order valence-electron chi connectivity index (χ2n) is 6.44. The Kier molecular flexibility index (Phi) is 5.15. The van der Waals surface area contributed by atoms with E-state index >= 15 is 0 Å². The van der Waals surface area contributed by atoms with Crippen molar-refractivity contribution < 1.29 is 14.6 Å². The molecule has 0 saturated carbocycles. The number of likely N-dealkylation sites (tertiary alicyclic amines) is 1. The van der Waals surface area contributed by atoms with E-state index in [1.165, 1.54) is 0 Å². The summed E-state index contributed by atoms with van der Waals surface area (Å²) in [5.74, 6) is 0.898. The van der Waals surface area contributed by atoms with E-state index in [2.05, 4.69) is 19.8 Å². The summed E-state index contributed by atoms with van der Waals surface area (Å²) in [6.07, 6.45) is 1.80. The molecule has 0 radical (unpaired) electrons. The van der Waals surface area contributed by atoms with E-state index in [0.29, 0.717) is 51.0 Å². The molecule has 2 saturated heterocycles. The van der Waals surface area contributed by atoms with E-state index in [-0.39, 0.29) is 11.8 Å². The first-order valence-corrected chi connectivity index (χ1v) is 8.36. The Labute approximate surface area is 142 Å². The Balaban J connectivity index is 1.59. The summed E-state index contributed by atoms with van der Waals surface area (Å²) in [5, 5.41) is 10.2. The fraction of sp³-hybridized carbons (Fsp3) is 0.688. The number of piperazine rings is 1. The van der Waals surface area contributed by atoms with E-state index in [9.17, 15) is 9.90 Å². The minimum atomic E-state index is -0.534. The van der Waals surface area contributed by atoms with Crippen LogP contribution in [0.25, 0.3) is 0 Å². The van der Waals surface area contributed by atoms with Crippen molar-refractivity contribution in [2.45, 2.75) is 12.5 Å². The number of carbonyl (C=O) groups is 1. The van der Waals surface area contributed by atoms with Gasteiger partial charge in [-0.05, 0) is 13.5 Å². The molecule has 1 amide bonds. The fourth-order valence-corrected chi connectivity index (χ4v) is 3.31. The second kappa shape index (κ2) is 7.31. The zero-order chi connectivity index (χ0) is 17.1. The number of aliphatic hydroxyl groups excluding tert-OH is 1. The maximum Gasteiger partial charge on any atom is 0.229 e. The fourth-order valence-electron chi connectivity index (χ4n) is 3.31. The van der Waals surface area contributed by atoms with Gasteiger partial charge in [-0.3, -0.25) is 4.79 Å². The number of aliphatic hydroxyl groups is 1. The van der Waals surface area contributed by atoms with E-state index < -0.39 is 6.10 Å². The highest BCUT2D eigenvalue weighted by atomic mass is 16.5. The molecule has 0 spiro atoms. The predicted octanol–water partition coefficient (Wildman–Crippen LogP) is -0.554. The molecule has 0 aromatic carbocycles. The number of ether oxygens (including phenoxy) is 1. The number of methoxy groups -OCH3 is 1. The Hall–Kier alpha value is -1.93. The van der Waals surface area contributed by atoms with E-state index in [0.717, 1.165) is 6.54 Å². The van der Waals surface area contributed by atoms with Crippen LogP contribution in [0.4, 0.5) is 5.95 Å². The molecule has 2 fully saturated rings. The highest BCUT2D eigenvalue weighted by Crippen LogP contribution is 2.20. The Morgan fingerprint density at radius 2 is 2.04 bits per heavy atom. The van der Waals surface area contributed by atoms with Crippen LogP contribution in [-0.2, 0) is 4.79 Å². The lowest BCUT2D eigenvalue weighted by atomic mass is 9.93. The van der Waals surface area contributed by atoms with Crippen LogP contribution in [0.3, 0.4) is 0 Å². The van der Waals surface area contributed by atoms with Crippen LogP contribution >= 0.6 is 0 Å². The number of rotatable bonds is 3. The van der Waals surface area contributed by atoms with Crippen LogP contribution in [-0.4, -0.2) is 90.3 Å². The van der Waals surface area contributed by atoms with Crippen LogP contribution in [0.1, 0.15) is 6.42 Å². The quantitative estimate of drug-likeness (QED) is 0.793. The molecule has 0 unspecified atom stereocenters. The van der Waals surface area contributed by atoms with Crippen LogP contribution < -0.4 is 9.64 Å². The number of carbonyl (C=O) groups excluding carboxylic acids is 1. The summed E-state index contributed by atoms with van der Waals surface area (Å²) in [6, 6.07) is 1.71. The monoisotopic (exact) mass is 335 g/mol. The average Bonchev–Trinajstić information content (AvgIpc) is 2.63. The van der Waals surface area contributed by atoms with Gasteiger partial charge in [-0.2, -0.15) is 4.98 Å². The lowest BCUT2D eigenvalue weighted by Gasteiger charge is -2.39. The molecule has 1 N–H and O–H groups in total. The zero-order valence-electron chi connectivity index (χ0n) is 14.3. The van der Waals surface area contributed by atoms with Crippen LogP contribution in [0.15, 0.2) is 12.3 Å². The molecule has 24 heavy (non-hydrogen) atoms. The van der Waals surface area contributed by atoms with Crippen molar-refractivity contribution in [3.05, 3.63) is 12.3 Å². The van der Waals surface area contributed by atoms with E-state index in [1.807, 2.05) is 11.9 Å². The summed E-state index contributed by atoms with van der Waals surface area (Å²) in [4.78, 5) is 27.3. The largest absolute Gasteiger partial charge is 0.481 e. The molecule has 3 rings (SSSR count). The van der Waals surface area contributed by atoms with Crippen LogP contribution in [0.2, 0.25) is 0 Å². The Bertz CT molecular complexity index is 577.